The zero-order valence-corrected chi connectivity index (χ0v) is 17.8. The van der Waals surface area contributed by atoms with Gasteiger partial charge >= 0.3 is 6.18 Å². The number of anilines is 1. The van der Waals surface area contributed by atoms with Crippen LogP contribution in [0, 0.1) is 0 Å². The number of piperazine rings is 1. The average Bonchev–Trinajstić information content (AvgIpc) is 3.21. The molecule has 0 amide bonds. The third-order valence-corrected chi connectivity index (χ3v) is 6.29. The van der Waals surface area contributed by atoms with E-state index in [0.29, 0.717) is 28.8 Å². The highest BCUT2D eigenvalue weighted by Gasteiger charge is 2.31. The van der Waals surface area contributed by atoms with E-state index in [4.69, 9.17) is 9.72 Å². The van der Waals surface area contributed by atoms with E-state index in [0.717, 1.165) is 57.7 Å². The molecule has 3 aromatic rings. The molecule has 4 heterocycles. The molecule has 1 unspecified atom stereocenters. The van der Waals surface area contributed by atoms with Crippen molar-refractivity contribution in [1.29, 1.82) is 0 Å². The van der Waals surface area contributed by atoms with Crippen LogP contribution in [0.5, 0.6) is 5.88 Å². The summed E-state index contributed by atoms with van der Waals surface area (Å²) in [6.45, 7) is 4.62. The third kappa shape index (κ3) is 4.04. The van der Waals surface area contributed by atoms with Crippen molar-refractivity contribution in [2.45, 2.75) is 25.1 Å². The summed E-state index contributed by atoms with van der Waals surface area (Å²) in [7, 11) is 2.05. The number of nitrogens with zero attached hydrogens (tertiary/aromatic N) is 5. The van der Waals surface area contributed by atoms with Crippen molar-refractivity contribution in [3.05, 3.63) is 30.0 Å². The minimum absolute atomic E-state index is 0.215. The summed E-state index contributed by atoms with van der Waals surface area (Å²) in [5.41, 5.74) is 0.0313. The molecule has 2 aliphatic rings. The topological polar surface area (TPSA) is 66.4 Å². The van der Waals surface area contributed by atoms with E-state index in [2.05, 4.69) is 25.1 Å². The van der Waals surface area contributed by atoms with Crippen molar-refractivity contribution in [2.24, 2.45) is 0 Å². The second kappa shape index (κ2) is 8.32. The lowest BCUT2D eigenvalue weighted by atomic mass is 10.1. The van der Waals surface area contributed by atoms with Crippen molar-refractivity contribution in [2.75, 3.05) is 51.3 Å². The number of hydrogen-bond acceptors (Lipinski definition) is 7. The van der Waals surface area contributed by atoms with Gasteiger partial charge in [-0.25, -0.2) is 15.0 Å². The van der Waals surface area contributed by atoms with E-state index in [1.54, 1.807) is 6.20 Å². The van der Waals surface area contributed by atoms with E-state index in [1.807, 2.05) is 7.05 Å². The van der Waals surface area contributed by atoms with Crippen molar-refractivity contribution < 1.29 is 17.9 Å². The number of halogens is 3. The molecule has 0 spiro atoms. The minimum atomic E-state index is -4.45. The Morgan fingerprint density at radius 2 is 1.94 bits per heavy atom. The molecular weight excluding hydrogens is 421 g/mol. The zero-order valence-electron chi connectivity index (χ0n) is 17.8. The van der Waals surface area contributed by atoms with Gasteiger partial charge in [0.05, 0.1) is 22.0 Å². The third-order valence-electron chi connectivity index (χ3n) is 6.29. The Balaban J connectivity index is 1.60. The Kier molecular flexibility index (Phi) is 5.50. The Bertz CT molecular complexity index is 1130. The number of pyridine rings is 1. The predicted molar refractivity (Wildman–Crippen MR) is 116 cm³/mol. The summed E-state index contributed by atoms with van der Waals surface area (Å²) in [5.74, 6) is 0.840. The Hall–Kier alpha value is -2.72. The molecular formula is C22H25F3N6O. The highest BCUT2D eigenvalue weighted by molar-refractivity contribution is 6.05. The number of alkyl halides is 3. The van der Waals surface area contributed by atoms with Crippen molar-refractivity contribution in [3.8, 4) is 5.88 Å². The van der Waals surface area contributed by atoms with Crippen LogP contribution < -0.4 is 15.0 Å². The molecule has 2 aliphatic heterocycles. The number of likely N-dealkylation sites (tertiary alicyclic amines) is 1. The van der Waals surface area contributed by atoms with E-state index in [1.165, 1.54) is 6.07 Å². The fraction of sp³-hybridized carbons (Fsp3) is 0.500. The molecule has 32 heavy (non-hydrogen) atoms. The fourth-order valence-corrected chi connectivity index (χ4v) is 4.40. The molecule has 170 valence electrons. The van der Waals surface area contributed by atoms with Gasteiger partial charge in [0.1, 0.15) is 6.61 Å². The Morgan fingerprint density at radius 3 is 2.66 bits per heavy atom. The second-order valence-electron chi connectivity index (χ2n) is 8.40. The van der Waals surface area contributed by atoms with Gasteiger partial charge in [-0.1, -0.05) is 0 Å². The lowest BCUT2D eigenvalue weighted by molar-refractivity contribution is -0.137. The zero-order chi connectivity index (χ0) is 22.3. The van der Waals surface area contributed by atoms with Gasteiger partial charge in [0, 0.05) is 43.8 Å². The Labute approximate surface area is 183 Å². The highest BCUT2D eigenvalue weighted by atomic mass is 19.4. The highest BCUT2D eigenvalue weighted by Crippen LogP contribution is 2.35. The van der Waals surface area contributed by atoms with Crippen LogP contribution >= 0.6 is 0 Å². The standard InChI is InChI=1S/C22H25F3N6O/c1-30-8-2-3-15(30)13-32-20-17-12-27-21(31-9-6-26-7-10-31)29-19(17)16-5-4-14(22(23,24)25)11-18(16)28-20/h4-5,11-12,15,26H,2-3,6-10,13H2,1H3. The Morgan fingerprint density at radius 1 is 1.12 bits per heavy atom. The second-order valence-corrected chi connectivity index (χ2v) is 8.40. The summed E-state index contributed by atoms with van der Waals surface area (Å²) in [6.07, 6.45) is -0.653. The molecule has 0 aliphatic carbocycles. The van der Waals surface area contributed by atoms with Gasteiger partial charge in [-0.15, -0.1) is 0 Å². The predicted octanol–water partition coefficient (Wildman–Crippen LogP) is 3.08. The monoisotopic (exact) mass is 446 g/mol. The molecule has 2 saturated heterocycles. The van der Waals surface area contributed by atoms with Gasteiger partial charge in [0.25, 0.3) is 0 Å². The van der Waals surface area contributed by atoms with Gasteiger partial charge < -0.3 is 19.9 Å². The normalized spacial score (nSPS) is 20.4. The average molecular weight is 446 g/mol. The number of aromatic nitrogens is 3. The smallest absolute Gasteiger partial charge is 0.416 e. The maximum Gasteiger partial charge on any atom is 0.416 e. The number of likely N-dealkylation sites (N-methyl/N-ethyl adjacent to an activating group) is 1. The number of fused-ring (bicyclic) bond motifs is 3. The van der Waals surface area contributed by atoms with Gasteiger partial charge in [0.15, 0.2) is 0 Å². The van der Waals surface area contributed by atoms with E-state index >= 15 is 0 Å². The number of rotatable bonds is 4. The molecule has 0 bridgehead atoms. The molecule has 0 radical (unpaired) electrons. The van der Waals surface area contributed by atoms with Crippen molar-refractivity contribution in [3.63, 3.8) is 0 Å². The first-order valence-corrected chi connectivity index (χ1v) is 10.9. The lowest BCUT2D eigenvalue weighted by Crippen LogP contribution is -2.44. The van der Waals surface area contributed by atoms with Gasteiger partial charge in [-0.3, -0.25) is 0 Å². The quantitative estimate of drug-likeness (QED) is 0.618. The molecule has 2 aromatic heterocycles. The molecule has 7 nitrogen and oxygen atoms in total. The molecule has 5 rings (SSSR count). The van der Waals surface area contributed by atoms with E-state index in [-0.39, 0.29) is 17.4 Å². The maximum atomic E-state index is 13.3. The first kappa shape index (κ1) is 21.1. The van der Waals surface area contributed by atoms with Crippen LogP contribution in [0.4, 0.5) is 19.1 Å². The van der Waals surface area contributed by atoms with Crippen LogP contribution in [-0.2, 0) is 6.18 Å². The minimum Gasteiger partial charge on any atom is -0.475 e. The largest absolute Gasteiger partial charge is 0.475 e. The lowest BCUT2D eigenvalue weighted by Gasteiger charge is -2.27. The summed E-state index contributed by atoms with van der Waals surface area (Å²) >= 11 is 0. The molecule has 1 atom stereocenters. The molecule has 1 N–H and O–H groups in total. The number of ether oxygens (including phenoxy) is 1. The number of hydrogen-bond donors (Lipinski definition) is 1. The van der Waals surface area contributed by atoms with Crippen LogP contribution in [-0.4, -0.2) is 72.3 Å². The first-order chi connectivity index (χ1) is 15.4. The summed E-state index contributed by atoms with van der Waals surface area (Å²) < 4.78 is 46.0. The number of benzene rings is 1. The van der Waals surface area contributed by atoms with Crippen molar-refractivity contribution in [1.82, 2.24) is 25.2 Å². The van der Waals surface area contributed by atoms with Crippen LogP contribution in [0.2, 0.25) is 0 Å². The molecule has 10 heteroatoms. The molecule has 1 aromatic carbocycles. The fourth-order valence-electron chi connectivity index (χ4n) is 4.40. The van der Waals surface area contributed by atoms with Crippen LogP contribution in [0.15, 0.2) is 24.4 Å². The summed E-state index contributed by atoms with van der Waals surface area (Å²) in [6, 6.07) is 3.83. The number of nitrogens with one attached hydrogen (secondary N) is 1. The van der Waals surface area contributed by atoms with Crippen molar-refractivity contribution >= 4 is 27.8 Å². The van der Waals surface area contributed by atoms with E-state index in [9.17, 15) is 13.2 Å². The van der Waals surface area contributed by atoms with Crippen LogP contribution in [0.1, 0.15) is 18.4 Å². The van der Waals surface area contributed by atoms with Gasteiger partial charge in [0.2, 0.25) is 11.8 Å². The first-order valence-electron chi connectivity index (χ1n) is 10.9. The van der Waals surface area contributed by atoms with Gasteiger partial charge in [-0.05, 0) is 44.6 Å². The van der Waals surface area contributed by atoms with Crippen LogP contribution in [0.25, 0.3) is 21.8 Å². The van der Waals surface area contributed by atoms with Crippen LogP contribution in [0.3, 0.4) is 0 Å². The SMILES string of the molecule is CN1CCCC1COc1nc2cc(C(F)(F)F)ccc2c2nc(N3CCNCC3)ncc12. The molecule has 0 saturated carbocycles. The summed E-state index contributed by atoms with van der Waals surface area (Å²) in [4.78, 5) is 18.0. The maximum absolute atomic E-state index is 13.3. The molecule has 2 fully saturated rings. The van der Waals surface area contributed by atoms with Gasteiger partial charge in [-0.2, -0.15) is 13.2 Å². The summed E-state index contributed by atoms with van der Waals surface area (Å²) in [5, 5.41) is 4.45. The van der Waals surface area contributed by atoms with E-state index < -0.39 is 11.7 Å².